The number of hydrogen-bond donors (Lipinski definition) is 5. The van der Waals surface area contributed by atoms with Gasteiger partial charge in [0.05, 0.1) is 16.7 Å². The standard InChI is InChI=1S/C27H30N10O3/c1-3-36(4-2)15-5-14-28-24-33-25(29-17-6-9-19(10-7-17)37-22(38)12-13-23(37)39)35-26(34-24)30-18-8-11-20-21(16-18)32-27(40)31-20/h6-13,16H,3-5,14-15H2,1-2H3,(H2,31,32,40)(H3,28,29,30,33,34,35). The summed E-state index contributed by atoms with van der Waals surface area (Å²) in [4.78, 5) is 58.1. The van der Waals surface area contributed by atoms with Crippen molar-refractivity contribution < 1.29 is 9.59 Å². The number of carbonyl (C=O) groups is 2. The number of amides is 2. The van der Waals surface area contributed by atoms with Crippen LogP contribution in [0.15, 0.2) is 59.4 Å². The van der Waals surface area contributed by atoms with E-state index >= 15 is 0 Å². The van der Waals surface area contributed by atoms with E-state index in [-0.39, 0.29) is 17.5 Å². The number of H-pyrrole nitrogens is 2. The molecule has 0 aliphatic carbocycles. The molecule has 2 aromatic carbocycles. The van der Waals surface area contributed by atoms with E-state index in [0.717, 1.165) is 31.0 Å². The zero-order valence-corrected chi connectivity index (χ0v) is 22.2. The van der Waals surface area contributed by atoms with Crippen LogP contribution in [0.1, 0.15) is 20.3 Å². The number of aromatic amines is 2. The number of fused-ring (bicyclic) bond motifs is 1. The Kier molecular flexibility index (Phi) is 7.82. The first kappa shape index (κ1) is 26.6. The lowest BCUT2D eigenvalue weighted by atomic mass is 10.2. The van der Waals surface area contributed by atoms with E-state index in [1.165, 1.54) is 12.2 Å². The number of rotatable bonds is 12. The van der Waals surface area contributed by atoms with E-state index in [1.54, 1.807) is 36.4 Å². The quantitative estimate of drug-likeness (QED) is 0.133. The Labute approximate surface area is 229 Å². The molecule has 5 rings (SSSR count). The first-order chi connectivity index (χ1) is 19.4. The van der Waals surface area contributed by atoms with Gasteiger partial charge in [0.15, 0.2) is 0 Å². The van der Waals surface area contributed by atoms with Crippen LogP contribution in [0.5, 0.6) is 0 Å². The molecule has 0 saturated carbocycles. The number of nitrogens with zero attached hydrogens (tertiary/aromatic N) is 5. The smallest absolute Gasteiger partial charge is 0.323 e. The van der Waals surface area contributed by atoms with Gasteiger partial charge in [-0.2, -0.15) is 15.0 Å². The summed E-state index contributed by atoms with van der Waals surface area (Å²) >= 11 is 0. The van der Waals surface area contributed by atoms with Crippen molar-refractivity contribution in [1.29, 1.82) is 0 Å². The van der Waals surface area contributed by atoms with Crippen molar-refractivity contribution in [1.82, 2.24) is 29.8 Å². The fraction of sp³-hybridized carbons (Fsp3) is 0.259. The largest absolute Gasteiger partial charge is 0.354 e. The number of benzene rings is 2. The van der Waals surface area contributed by atoms with Gasteiger partial charge in [0.25, 0.3) is 11.8 Å². The van der Waals surface area contributed by atoms with E-state index in [9.17, 15) is 14.4 Å². The molecule has 0 unspecified atom stereocenters. The Morgan fingerprint density at radius 2 is 1.38 bits per heavy atom. The van der Waals surface area contributed by atoms with Gasteiger partial charge in [-0.05, 0) is 68.5 Å². The second kappa shape index (κ2) is 11.8. The molecule has 1 aliphatic rings. The first-order valence-electron chi connectivity index (χ1n) is 13.1. The highest BCUT2D eigenvalue weighted by Gasteiger charge is 2.24. The minimum atomic E-state index is -0.377. The van der Waals surface area contributed by atoms with Gasteiger partial charge in [0.2, 0.25) is 17.8 Å². The number of imide groups is 1. The summed E-state index contributed by atoms with van der Waals surface area (Å²) in [5, 5.41) is 9.62. The topological polar surface area (TPSA) is 164 Å². The van der Waals surface area contributed by atoms with Crippen molar-refractivity contribution in [3.8, 4) is 0 Å². The molecule has 4 aromatic rings. The minimum Gasteiger partial charge on any atom is -0.354 e. The van der Waals surface area contributed by atoms with Crippen molar-refractivity contribution in [2.45, 2.75) is 20.3 Å². The lowest BCUT2D eigenvalue weighted by molar-refractivity contribution is -0.119. The van der Waals surface area contributed by atoms with Gasteiger partial charge >= 0.3 is 5.69 Å². The van der Waals surface area contributed by atoms with E-state index in [4.69, 9.17) is 0 Å². The predicted octanol–water partition coefficient (Wildman–Crippen LogP) is 3.10. The molecular formula is C27H30N10O3. The van der Waals surface area contributed by atoms with E-state index < -0.39 is 0 Å². The second-order valence-corrected chi connectivity index (χ2v) is 9.10. The average molecular weight is 543 g/mol. The lowest BCUT2D eigenvalue weighted by Gasteiger charge is -2.18. The molecular weight excluding hydrogens is 512 g/mol. The molecule has 0 atom stereocenters. The highest BCUT2D eigenvalue weighted by Crippen LogP contribution is 2.24. The van der Waals surface area contributed by atoms with E-state index in [0.29, 0.717) is 52.5 Å². The summed E-state index contributed by atoms with van der Waals surface area (Å²) in [7, 11) is 0. The summed E-state index contributed by atoms with van der Waals surface area (Å²) in [6, 6.07) is 12.2. The summed E-state index contributed by atoms with van der Waals surface area (Å²) in [6.07, 6.45) is 3.41. The van der Waals surface area contributed by atoms with Crippen molar-refractivity contribution in [3.63, 3.8) is 0 Å². The second-order valence-electron chi connectivity index (χ2n) is 9.10. The summed E-state index contributed by atoms with van der Waals surface area (Å²) in [5.74, 6) is 0.237. The Bertz CT molecular complexity index is 1590. The number of aromatic nitrogens is 5. The Morgan fingerprint density at radius 1 is 0.775 bits per heavy atom. The van der Waals surface area contributed by atoms with Crippen LogP contribution in [-0.4, -0.2) is 67.8 Å². The van der Waals surface area contributed by atoms with Crippen LogP contribution in [0, 0.1) is 0 Å². The maximum atomic E-state index is 12.0. The Balaban J connectivity index is 1.34. The van der Waals surface area contributed by atoms with E-state index in [1.807, 2.05) is 6.07 Å². The molecule has 206 valence electrons. The predicted molar refractivity (Wildman–Crippen MR) is 154 cm³/mol. The van der Waals surface area contributed by atoms with Gasteiger partial charge in [-0.1, -0.05) is 13.8 Å². The minimum absolute atomic E-state index is 0.282. The van der Waals surface area contributed by atoms with Gasteiger partial charge in [-0.15, -0.1) is 0 Å². The van der Waals surface area contributed by atoms with Crippen LogP contribution in [-0.2, 0) is 9.59 Å². The number of hydrogen-bond acceptors (Lipinski definition) is 10. The number of anilines is 6. The van der Waals surface area contributed by atoms with Gasteiger partial charge in [-0.25, -0.2) is 9.69 Å². The average Bonchev–Trinajstić information content (AvgIpc) is 3.48. The van der Waals surface area contributed by atoms with Crippen LogP contribution >= 0.6 is 0 Å². The molecule has 0 saturated heterocycles. The zero-order valence-electron chi connectivity index (χ0n) is 22.2. The first-order valence-corrected chi connectivity index (χ1v) is 13.1. The fourth-order valence-electron chi connectivity index (χ4n) is 4.33. The number of imidazole rings is 1. The van der Waals surface area contributed by atoms with Gasteiger partial charge in [0.1, 0.15) is 0 Å². The van der Waals surface area contributed by atoms with Crippen LogP contribution in [0.3, 0.4) is 0 Å². The molecule has 0 fully saturated rings. The molecule has 0 radical (unpaired) electrons. The highest BCUT2D eigenvalue weighted by atomic mass is 16.2. The Morgan fingerprint density at radius 3 is 2.05 bits per heavy atom. The van der Waals surface area contributed by atoms with Gasteiger partial charge in [-0.3, -0.25) is 9.59 Å². The summed E-state index contributed by atoms with van der Waals surface area (Å²) in [5.41, 5.74) is 2.88. The van der Waals surface area contributed by atoms with Gasteiger partial charge in [0, 0.05) is 30.1 Å². The van der Waals surface area contributed by atoms with Crippen molar-refractivity contribution in [2.75, 3.05) is 47.0 Å². The third-order valence-corrected chi connectivity index (χ3v) is 6.43. The zero-order chi connectivity index (χ0) is 28.1. The monoisotopic (exact) mass is 542 g/mol. The summed E-state index contributed by atoms with van der Waals surface area (Å²) < 4.78 is 0. The van der Waals surface area contributed by atoms with Crippen LogP contribution in [0.4, 0.5) is 34.9 Å². The van der Waals surface area contributed by atoms with Crippen molar-refractivity contribution >= 4 is 57.8 Å². The van der Waals surface area contributed by atoms with Gasteiger partial charge < -0.3 is 30.8 Å². The molecule has 3 heterocycles. The fourth-order valence-corrected chi connectivity index (χ4v) is 4.33. The maximum Gasteiger partial charge on any atom is 0.323 e. The summed E-state index contributed by atoms with van der Waals surface area (Å²) in [6.45, 7) is 7.91. The SMILES string of the molecule is CCN(CC)CCCNc1nc(Nc2ccc(N3C(=O)C=CC3=O)cc2)nc(Nc2ccc3[nH]c(=O)[nH]c3c2)n1. The van der Waals surface area contributed by atoms with Crippen LogP contribution < -0.4 is 26.5 Å². The molecule has 2 amide bonds. The van der Waals surface area contributed by atoms with E-state index in [2.05, 4.69) is 59.6 Å². The molecule has 40 heavy (non-hydrogen) atoms. The van der Waals surface area contributed by atoms with Crippen molar-refractivity contribution in [3.05, 3.63) is 65.1 Å². The van der Waals surface area contributed by atoms with Crippen LogP contribution in [0.2, 0.25) is 0 Å². The molecule has 13 heteroatoms. The molecule has 1 aliphatic heterocycles. The third kappa shape index (κ3) is 6.15. The normalized spacial score (nSPS) is 13.0. The molecule has 2 aromatic heterocycles. The third-order valence-electron chi connectivity index (χ3n) is 6.43. The highest BCUT2D eigenvalue weighted by molar-refractivity contribution is 6.28. The lowest BCUT2D eigenvalue weighted by Crippen LogP contribution is -2.29. The molecule has 0 spiro atoms. The number of carbonyl (C=O) groups excluding carboxylic acids is 2. The van der Waals surface area contributed by atoms with Crippen molar-refractivity contribution in [2.24, 2.45) is 0 Å². The molecule has 0 bridgehead atoms. The number of nitrogens with one attached hydrogen (secondary N) is 5. The Hall–Kier alpha value is -5.04. The maximum absolute atomic E-state index is 12.0. The molecule has 13 nitrogen and oxygen atoms in total. The van der Waals surface area contributed by atoms with Crippen LogP contribution in [0.25, 0.3) is 11.0 Å². The molecule has 5 N–H and O–H groups in total.